The number of rotatable bonds is 4. The van der Waals surface area contributed by atoms with Crippen LogP contribution in [-0.2, 0) is 5.41 Å². The van der Waals surface area contributed by atoms with Crippen LogP contribution in [0.3, 0.4) is 0 Å². The van der Waals surface area contributed by atoms with E-state index in [-0.39, 0.29) is 0 Å². The second-order valence-electron chi connectivity index (χ2n) is 15.6. The van der Waals surface area contributed by atoms with Gasteiger partial charge in [-0.2, -0.15) is 0 Å². The molecule has 0 N–H and O–H groups in total. The zero-order valence-electron chi connectivity index (χ0n) is 31.4. The van der Waals surface area contributed by atoms with Gasteiger partial charge in [-0.3, -0.25) is 0 Å². The predicted molar refractivity (Wildman–Crippen MR) is 239 cm³/mol. The molecule has 11 aromatic rings. The molecule has 0 aliphatic heterocycles. The maximum atomic E-state index is 7.02. The molecule has 2 aromatic heterocycles. The Bertz CT molecular complexity index is 3380. The Kier molecular flexibility index (Phi) is 6.37. The van der Waals surface area contributed by atoms with Crippen molar-refractivity contribution in [3.8, 4) is 27.9 Å². The van der Waals surface area contributed by atoms with Gasteiger partial charge in [-0.1, -0.05) is 152 Å². The van der Waals surface area contributed by atoms with Crippen LogP contribution in [0.1, 0.15) is 22.3 Å². The SMILES string of the molecule is c1ccc(N(c2ccc3c(c2)oc2c(-n4c5ccccc5c5ccccc54)cccc23)c2cccc3c2-c2ccccc2C32c3ccccc3-c3ccccc32)cc1. The van der Waals surface area contributed by atoms with Crippen molar-refractivity contribution in [1.29, 1.82) is 0 Å². The number of hydrogen-bond acceptors (Lipinski definition) is 2. The zero-order valence-corrected chi connectivity index (χ0v) is 31.4. The molecule has 3 nitrogen and oxygen atoms in total. The van der Waals surface area contributed by atoms with Gasteiger partial charge in [0.1, 0.15) is 5.58 Å². The first-order valence-corrected chi connectivity index (χ1v) is 20.0. The van der Waals surface area contributed by atoms with E-state index in [2.05, 4.69) is 216 Å². The first-order valence-electron chi connectivity index (χ1n) is 20.0. The molecule has 13 rings (SSSR count). The van der Waals surface area contributed by atoms with E-state index in [4.69, 9.17) is 4.42 Å². The number of fused-ring (bicyclic) bond motifs is 16. The summed E-state index contributed by atoms with van der Waals surface area (Å²) in [4.78, 5) is 2.42. The molecule has 2 heterocycles. The van der Waals surface area contributed by atoms with E-state index in [1.807, 2.05) is 0 Å². The van der Waals surface area contributed by atoms with Gasteiger partial charge in [0, 0.05) is 44.5 Å². The second kappa shape index (κ2) is 11.7. The van der Waals surface area contributed by atoms with Gasteiger partial charge >= 0.3 is 0 Å². The highest BCUT2D eigenvalue weighted by Gasteiger charge is 2.52. The molecule has 270 valence electrons. The minimum Gasteiger partial charge on any atom is -0.454 e. The number of nitrogens with zero attached hydrogens (tertiary/aromatic N) is 2. The van der Waals surface area contributed by atoms with Crippen molar-refractivity contribution in [2.24, 2.45) is 0 Å². The van der Waals surface area contributed by atoms with Crippen LogP contribution in [0.25, 0.3) is 71.7 Å². The highest BCUT2D eigenvalue weighted by Crippen LogP contribution is 2.64. The van der Waals surface area contributed by atoms with E-state index in [0.29, 0.717) is 0 Å². The molecule has 0 amide bonds. The largest absolute Gasteiger partial charge is 0.454 e. The van der Waals surface area contributed by atoms with Crippen LogP contribution in [0.5, 0.6) is 0 Å². The number of benzene rings is 9. The number of furan rings is 1. The Balaban J connectivity index is 1.05. The molecule has 0 atom stereocenters. The predicted octanol–water partition coefficient (Wildman–Crippen LogP) is 14.5. The van der Waals surface area contributed by atoms with Crippen molar-refractivity contribution in [3.63, 3.8) is 0 Å². The molecule has 58 heavy (non-hydrogen) atoms. The fourth-order valence-corrected chi connectivity index (χ4v) is 10.6. The fourth-order valence-electron chi connectivity index (χ4n) is 10.6. The third-order valence-electron chi connectivity index (χ3n) is 12.8. The summed E-state index contributed by atoms with van der Waals surface area (Å²) < 4.78 is 9.38. The molecule has 2 aliphatic carbocycles. The number of anilines is 3. The van der Waals surface area contributed by atoms with E-state index < -0.39 is 5.41 Å². The Morgan fingerprint density at radius 3 is 1.66 bits per heavy atom. The van der Waals surface area contributed by atoms with Gasteiger partial charge in [0.25, 0.3) is 0 Å². The van der Waals surface area contributed by atoms with E-state index >= 15 is 0 Å². The molecule has 2 aliphatic rings. The number of aromatic nitrogens is 1. The minimum atomic E-state index is -0.427. The highest BCUT2D eigenvalue weighted by atomic mass is 16.3. The lowest BCUT2D eigenvalue weighted by Crippen LogP contribution is -2.26. The molecule has 3 heteroatoms. The lowest BCUT2D eigenvalue weighted by Gasteiger charge is -2.31. The van der Waals surface area contributed by atoms with Crippen molar-refractivity contribution < 1.29 is 4.42 Å². The molecular weight excluding hydrogens is 705 g/mol. The maximum Gasteiger partial charge on any atom is 0.159 e. The molecule has 0 saturated heterocycles. The number of hydrogen-bond donors (Lipinski definition) is 0. The van der Waals surface area contributed by atoms with Crippen molar-refractivity contribution >= 4 is 60.8 Å². The standard InChI is InChI=1S/C55H34N2O/c1-2-16-35(17-3-1)56(50-30-15-27-47-53(50)43-22-6-11-26-46(43)55(47)44-24-9-4-18-37(44)38-19-5-10-25-45(38)55)36-32-33-41-42-23-14-31-51(54(42)58-52(41)34-36)57-48-28-12-7-20-39(48)40-21-8-13-29-49(40)57/h1-34H. The van der Waals surface area contributed by atoms with E-state index in [1.54, 1.807) is 0 Å². The van der Waals surface area contributed by atoms with E-state index in [9.17, 15) is 0 Å². The Morgan fingerprint density at radius 2 is 0.948 bits per heavy atom. The highest BCUT2D eigenvalue weighted by molar-refractivity contribution is 6.13. The average molecular weight is 739 g/mol. The topological polar surface area (TPSA) is 21.3 Å². The summed E-state index contributed by atoms with van der Waals surface area (Å²) >= 11 is 0. The first kappa shape index (κ1) is 31.6. The summed E-state index contributed by atoms with van der Waals surface area (Å²) in [5.74, 6) is 0. The van der Waals surface area contributed by atoms with Crippen molar-refractivity contribution in [2.45, 2.75) is 5.41 Å². The van der Waals surface area contributed by atoms with Crippen LogP contribution in [0.4, 0.5) is 17.1 Å². The Labute approximate surface area is 335 Å². The van der Waals surface area contributed by atoms with Gasteiger partial charge in [-0.05, 0) is 87.5 Å². The van der Waals surface area contributed by atoms with Crippen LogP contribution in [0.2, 0.25) is 0 Å². The van der Waals surface area contributed by atoms with E-state index in [0.717, 1.165) is 55.7 Å². The summed E-state index contributed by atoms with van der Waals surface area (Å²) in [6.45, 7) is 0. The fraction of sp³-hybridized carbons (Fsp3) is 0.0182. The Morgan fingerprint density at radius 1 is 0.397 bits per heavy atom. The van der Waals surface area contributed by atoms with Crippen molar-refractivity contribution in [3.05, 3.63) is 229 Å². The first-order chi connectivity index (χ1) is 28.8. The lowest BCUT2D eigenvalue weighted by atomic mass is 9.70. The summed E-state index contributed by atoms with van der Waals surface area (Å²) in [7, 11) is 0. The molecule has 0 radical (unpaired) electrons. The molecule has 9 aromatic carbocycles. The van der Waals surface area contributed by atoms with Crippen LogP contribution in [-0.4, -0.2) is 4.57 Å². The third-order valence-corrected chi connectivity index (χ3v) is 12.8. The van der Waals surface area contributed by atoms with Gasteiger partial charge in [0.2, 0.25) is 0 Å². The summed E-state index contributed by atoms with van der Waals surface area (Å²) in [5.41, 5.74) is 18.4. The quantitative estimate of drug-likeness (QED) is 0.179. The molecule has 0 fully saturated rings. The lowest BCUT2D eigenvalue weighted by molar-refractivity contribution is 0.666. The van der Waals surface area contributed by atoms with Gasteiger partial charge in [0.15, 0.2) is 5.58 Å². The van der Waals surface area contributed by atoms with Crippen LogP contribution in [0.15, 0.2) is 211 Å². The van der Waals surface area contributed by atoms with Crippen LogP contribution in [0, 0.1) is 0 Å². The second-order valence-corrected chi connectivity index (χ2v) is 15.6. The molecule has 0 unspecified atom stereocenters. The average Bonchev–Trinajstić information content (AvgIpc) is 4.01. The molecule has 0 saturated carbocycles. The van der Waals surface area contributed by atoms with E-state index in [1.165, 1.54) is 55.3 Å². The summed E-state index contributed by atoms with van der Waals surface area (Å²) in [5, 5.41) is 4.66. The molecule has 1 spiro atoms. The third kappa shape index (κ3) is 4.02. The summed E-state index contributed by atoms with van der Waals surface area (Å²) in [6.07, 6.45) is 0. The van der Waals surface area contributed by atoms with Crippen LogP contribution < -0.4 is 4.90 Å². The van der Waals surface area contributed by atoms with Crippen LogP contribution >= 0.6 is 0 Å². The number of para-hydroxylation sites is 4. The van der Waals surface area contributed by atoms with Gasteiger partial charge in [-0.15, -0.1) is 0 Å². The van der Waals surface area contributed by atoms with Gasteiger partial charge < -0.3 is 13.9 Å². The molecular formula is C55H34N2O. The Hall–Kier alpha value is -7.62. The van der Waals surface area contributed by atoms with Gasteiger partial charge in [-0.25, -0.2) is 0 Å². The maximum absolute atomic E-state index is 7.02. The minimum absolute atomic E-state index is 0.427. The summed E-state index contributed by atoms with van der Waals surface area (Å²) in [6, 6.07) is 75.3. The van der Waals surface area contributed by atoms with Crippen molar-refractivity contribution in [2.75, 3.05) is 4.90 Å². The zero-order chi connectivity index (χ0) is 38.0. The molecule has 0 bridgehead atoms. The normalized spacial score (nSPS) is 13.3. The van der Waals surface area contributed by atoms with Gasteiger partial charge in [0.05, 0.1) is 27.8 Å². The monoisotopic (exact) mass is 738 g/mol. The van der Waals surface area contributed by atoms with Crippen molar-refractivity contribution in [1.82, 2.24) is 4.57 Å². The smallest absolute Gasteiger partial charge is 0.159 e.